The molecule has 0 heterocycles. The zero-order chi connectivity index (χ0) is 13.7. The Kier molecular flexibility index (Phi) is 5.16. The van der Waals surface area contributed by atoms with E-state index in [1.165, 1.54) is 19.1 Å². The zero-order valence-corrected chi connectivity index (χ0v) is 11.0. The summed E-state index contributed by atoms with van der Waals surface area (Å²) in [6.45, 7) is 3.31. The molecular weight excluding hydrogens is 256 g/mol. The second-order valence-electron chi connectivity index (χ2n) is 3.93. The van der Waals surface area contributed by atoms with E-state index in [1.807, 2.05) is 6.92 Å². The van der Waals surface area contributed by atoms with Crippen LogP contribution in [0.15, 0.2) is 18.2 Å². The molecule has 1 rings (SSSR count). The number of halogens is 1. The predicted octanol–water partition coefficient (Wildman–Crippen LogP) is 3.17. The molecule has 4 nitrogen and oxygen atoms in total. The first kappa shape index (κ1) is 14.5. The van der Waals surface area contributed by atoms with Crippen molar-refractivity contribution in [1.29, 1.82) is 0 Å². The molecule has 1 aromatic carbocycles. The third kappa shape index (κ3) is 3.74. The Morgan fingerprint density at radius 3 is 2.56 bits per heavy atom. The van der Waals surface area contributed by atoms with Crippen molar-refractivity contribution in [1.82, 2.24) is 0 Å². The number of carbonyl (C=O) groups is 2. The Hall–Kier alpha value is -1.55. The highest BCUT2D eigenvalue weighted by Gasteiger charge is 2.19. The van der Waals surface area contributed by atoms with Crippen molar-refractivity contribution >= 4 is 23.4 Å². The van der Waals surface area contributed by atoms with Crippen molar-refractivity contribution in [3.63, 3.8) is 0 Å². The van der Waals surface area contributed by atoms with E-state index in [0.717, 1.165) is 0 Å². The number of benzene rings is 1. The van der Waals surface area contributed by atoms with E-state index in [2.05, 4.69) is 0 Å². The molecule has 0 saturated carbocycles. The lowest BCUT2D eigenvalue weighted by molar-refractivity contribution is -0.145. The number of hydrogen-bond donors (Lipinski definition) is 1. The van der Waals surface area contributed by atoms with E-state index < -0.39 is 12.1 Å². The molecule has 1 aromatic rings. The second-order valence-corrected chi connectivity index (χ2v) is 4.34. The molecule has 1 atom stereocenters. The van der Waals surface area contributed by atoms with Gasteiger partial charge in [-0.1, -0.05) is 24.9 Å². The molecule has 18 heavy (non-hydrogen) atoms. The van der Waals surface area contributed by atoms with Crippen LogP contribution in [0.4, 0.5) is 0 Å². The van der Waals surface area contributed by atoms with Gasteiger partial charge in [-0.05, 0) is 31.5 Å². The Bertz CT molecular complexity index is 456. The van der Waals surface area contributed by atoms with Gasteiger partial charge in [-0.25, -0.2) is 4.79 Å². The van der Waals surface area contributed by atoms with Gasteiger partial charge in [0.05, 0.1) is 5.02 Å². The summed E-state index contributed by atoms with van der Waals surface area (Å²) < 4.78 is 5.34. The fourth-order valence-electron chi connectivity index (χ4n) is 1.46. The molecule has 0 aromatic heterocycles. The van der Waals surface area contributed by atoms with Gasteiger partial charge in [0, 0.05) is 5.56 Å². The molecule has 0 aliphatic rings. The molecule has 0 amide bonds. The molecule has 98 valence electrons. The van der Waals surface area contributed by atoms with Gasteiger partial charge in [0.1, 0.15) is 5.75 Å². The molecule has 0 fully saturated rings. The number of hydrogen-bond acceptors (Lipinski definition) is 3. The third-order valence-electron chi connectivity index (χ3n) is 2.43. The van der Waals surface area contributed by atoms with Gasteiger partial charge in [-0.3, -0.25) is 4.79 Å². The fourth-order valence-corrected chi connectivity index (χ4v) is 1.69. The van der Waals surface area contributed by atoms with E-state index in [4.69, 9.17) is 21.4 Å². The van der Waals surface area contributed by atoms with Crippen LogP contribution in [-0.4, -0.2) is 23.0 Å². The number of Topliss-reactive ketones (excluding diaryl/α,β-unsaturated/α-hetero) is 1. The van der Waals surface area contributed by atoms with Crippen LogP contribution in [0.3, 0.4) is 0 Å². The van der Waals surface area contributed by atoms with Gasteiger partial charge >= 0.3 is 5.97 Å². The summed E-state index contributed by atoms with van der Waals surface area (Å²) >= 11 is 5.95. The lowest BCUT2D eigenvalue weighted by atomic mass is 10.1. The Balaban J connectivity index is 2.90. The standard InChI is InChI=1S/C13H15ClO4/c1-3-4-12(13(16)17)18-11-6-5-9(8(2)15)7-10(11)14/h5-7,12H,3-4H2,1-2H3,(H,16,17). The van der Waals surface area contributed by atoms with E-state index in [-0.39, 0.29) is 16.6 Å². The predicted molar refractivity (Wildman–Crippen MR) is 68.4 cm³/mol. The number of ether oxygens (including phenoxy) is 1. The number of ketones is 1. The minimum absolute atomic E-state index is 0.105. The van der Waals surface area contributed by atoms with Crippen molar-refractivity contribution in [3.8, 4) is 5.75 Å². The molecule has 0 spiro atoms. The van der Waals surface area contributed by atoms with Crippen molar-refractivity contribution in [2.45, 2.75) is 32.8 Å². The van der Waals surface area contributed by atoms with E-state index >= 15 is 0 Å². The Morgan fingerprint density at radius 2 is 2.11 bits per heavy atom. The number of carbonyl (C=O) groups excluding carboxylic acids is 1. The summed E-state index contributed by atoms with van der Waals surface area (Å²) in [6.07, 6.45) is 0.177. The molecule has 1 N–H and O–H groups in total. The maximum Gasteiger partial charge on any atom is 0.344 e. The SMILES string of the molecule is CCCC(Oc1ccc(C(C)=O)cc1Cl)C(=O)O. The summed E-state index contributed by atoms with van der Waals surface area (Å²) in [6, 6.07) is 4.56. The summed E-state index contributed by atoms with van der Waals surface area (Å²) in [5.74, 6) is -0.849. The highest BCUT2D eigenvalue weighted by atomic mass is 35.5. The topological polar surface area (TPSA) is 63.6 Å². The maximum atomic E-state index is 11.1. The van der Waals surface area contributed by atoms with Crippen molar-refractivity contribution in [2.75, 3.05) is 0 Å². The normalized spacial score (nSPS) is 11.9. The van der Waals surface area contributed by atoms with Crippen LogP contribution in [0.5, 0.6) is 5.75 Å². The molecule has 0 saturated heterocycles. The second kappa shape index (κ2) is 6.40. The van der Waals surface area contributed by atoms with Gasteiger partial charge < -0.3 is 9.84 Å². The van der Waals surface area contributed by atoms with Crippen LogP contribution in [0.2, 0.25) is 5.02 Å². The van der Waals surface area contributed by atoms with Crippen molar-refractivity contribution < 1.29 is 19.4 Å². The van der Waals surface area contributed by atoms with Crippen LogP contribution >= 0.6 is 11.6 Å². The average molecular weight is 271 g/mol. The van der Waals surface area contributed by atoms with Gasteiger partial charge in [0.2, 0.25) is 0 Å². The van der Waals surface area contributed by atoms with E-state index in [9.17, 15) is 9.59 Å². The van der Waals surface area contributed by atoms with Gasteiger partial charge in [-0.2, -0.15) is 0 Å². The number of carboxylic acid groups (broad SMARTS) is 1. The van der Waals surface area contributed by atoms with Crippen molar-refractivity contribution in [2.24, 2.45) is 0 Å². The lowest BCUT2D eigenvalue weighted by Crippen LogP contribution is -2.26. The number of aliphatic carboxylic acids is 1. The molecule has 0 aliphatic carbocycles. The minimum Gasteiger partial charge on any atom is -0.479 e. The van der Waals surface area contributed by atoms with Gasteiger partial charge in [0.15, 0.2) is 11.9 Å². The molecule has 0 bridgehead atoms. The Morgan fingerprint density at radius 1 is 1.44 bits per heavy atom. The molecule has 1 unspecified atom stereocenters. The van der Waals surface area contributed by atoms with Crippen LogP contribution < -0.4 is 4.74 Å². The first-order chi connectivity index (χ1) is 8.45. The van der Waals surface area contributed by atoms with Crippen LogP contribution in [-0.2, 0) is 4.79 Å². The fraction of sp³-hybridized carbons (Fsp3) is 0.385. The third-order valence-corrected chi connectivity index (χ3v) is 2.73. The average Bonchev–Trinajstić information content (AvgIpc) is 2.30. The largest absolute Gasteiger partial charge is 0.479 e. The maximum absolute atomic E-state index is 11.1. The monoisotopic (exact) mass is 270 g/mol. The molecule has 0 radical (unpaired) electrons. The van der Waals surface area contributed by atoms with E-state index in [0.29, 0.717) is 18.4 Å². The zero-order valence-electron chi connectivity index (χ0n) is 10.3. The lowest BCUT2D eigenvalue weighted by Gasteiger charge is -2.15. The molecular formula is C13H15ClO4. The Labute approximate surface area is 111 Å². The summed E-state index contributed by atoms with van der Waals surface area (Å²) in [4.78, 5) is 22.1. The van der Waals surface area contributed by atoms with Crippen LogP contribution in [0.25, 0.3) is 0 Å². The van der Waals surface area contributed by atoms with Crippen LogP contribution in [0, 0.1) is 0 Å². The molecule has 0 aliphatic heterocycles. The first-order valence-electron chi connectivity index (χ1n) is 5.65. The number of rotatable bonds is 6. The minimum atomic E-state index is -1.02. The summed E-state index contributed by atoms with van der Waals surface area (Å²) in [5, 5.41) is 9.22. The first-order valence-corrected chi connectivity index (χ1v) is 6.03. The van der Waals surface area contributed by atoms with Gasteiger partial charge in [0.25, 0.3) is 0 Å². The highest BCUT2D eigenvalue weighted by Crippen LogP contribution is 2.27. The summed E-state index contributed by atoms with van der Waals surface area (Å²) in [7, 11) is 0. The van der Waals surface area contributed by atoms with Crippen LogP contribution in [0.1, 0.15) is 37.0 Å². The summed E-state index contributed by atoms with van der Waals surface area (Å²) in [5.41, 5.74) is 0.467. The van der Waals surface area contributed by atoms with Gasteiger partial charge in [-0.15, -0.1) is 0 Å². The quantitative estimate of drug-likeness (QED) is 0.807. The highest BCUT2D eigenvalue weighted by molar-refractivity contribution is 6.32. The smallest absolute Gasteiger partial charge is 0.344 e. The number of carboxylic acids is 1. The van der Waals surface area contributed by atoms with E-state index in [1.54, 1.807) is 6.07 Å². The van der Waals surface area contributed by atoms with Crippen molar-refractivity contribution in [3.05, 3.63) is 28.8 Å². The molecule has 5 heteroatoms.